The van der Waals surface area contributed by atoms with Crippen LogP contribution in [0, 0.1) is 0 Å². The van der Waals surface area contributed by atoms with Crippen LogP contribution in [0.1, 0.15) is 18.6 Å². The van der Waals surface area contributed by atoms with E-state index in [-0.39, 0.29) is 0 Å². The standard InChI is InChI=1S/C13H16ClN5O/c1-9-4-12-17-18-13(19(12)3-2-16-9)8-20-11-5-10(14)6-15-7-11/h5-7,9,16H,2-4,8H2,1H3. The molecule has 0 amide bonds. The molecule has 1 atom stereocenters. The minimum absolute atomic E-state index is 0.364. The Balaban J connectivity index is 1.72. The molecule has 6 nitrogen and oxygen atoms in total. The van der Waals surface area contributed by atoms with Gasteiger partial charge in [-0.2, -0.15) is 0 Å². The smallest absolute Gasteiger partial charge is 0.171 e. The van der Waals surface area contributed by atoms with Gasteiger partial charge in [-0.3, -0.25) is 4.98 Å². The van der Waals surface area contributed by atoms with Gasteiger partial charge in [-0.05, 0) is 6.92 Å². The predicted octanol–water partition coefficient (Wildman–Crippen LogP) is 1.44. The number of halogens is 1. The maximum absolute atomic E-state index is 5.87. The van der Waals surface area contributed by atoms with E-state index >= 15 is 0 Å². The first kappa shape index (κ1) is 13.3. The van der Waals surface area contributed by atoms with Crippen LogP contribution in [0.2, 0.25) is 5.02 Å². The van der Waals surface area contributed by atoms with Crippen LogP contribution in [-0.4, -0.2) is 32.3 Å². The Hall–Kier alpha value is -1.66. The van der Waals surface area contributed by atoms with E-state index in [9.17, 15) is 0 Å². The Morgan fingerprint density at radius 1 is 1.45 bits per heavy atom. The van der Waals surface area contributed by atoms with Crippen molar-refractivity contribution >= 4 is 11.6 Å². The summed E-state index contributed by atoms with van der Waals surface area (Å²) >= 11 is 5.87. The average molecular weight is 294 g/mol. The van der Waals surface area contributed by atoms with E-state index in [0.29, 0.717) is 23.4 Å². The summed E-state index contributed by atoms with van der Waals surface area (Å²) in [6.45, 7) is 4.29. The van der Waals surface area contributed by atoms with Gasteiger partial charge in [0.2, 0.25) is 0 Å². The fourth-order valence-corrected chi connectivity index (χ4v) is 2.44. The summed E-state index contributed by atoms with van der Waals surface area (Å²) in [4.78, 5) is 3.99. The van der Waals surface area contributed by atoms with Crippen molar-refractivity contribution in [1.82, 2.24) is 25.1 Å². The molecule has 0 radical (unpaired) electrons. The van der Waals surface area contributed by atoms with Crippen molar-refractivity contribution in [2.75, 3.05) is 6.54 Å². The van der Waals surface area contributed by atoms with Gasteiger partial charge in [0.25, 0.3) is 0 Å². The Labute approximate surface area is 122 Å². The molecule has 0 fully saturated rings. The van der Waals surface area contributed by atoms with E-state index in [1.54, 1.807) is 18.5 Å². The normalized spacial score (nSPS) is 18.4. The summed E-state index contributed by atoms with van der Waals surface area (Å²) in [7, 11) is 0. The van der Waals surface area contributed by atoms with Crippen molar-refractivity contribution in [2.45, 2.75) is 32.5 Å². The number of rotatable bonds is 3. The highest BCUT2D eigenvalue weighted by Crippen LogP contribution is 2.17. The third-order valence-electron chi connectivity index (χ3n) is 3.27. The van der Waals surface area contributed by atoms with Crippen LogP contribution in [0.4, 0.5) is 0 Å². The van der Waals surface area contributed by atoms with Gasteiger partial charge in [-0.25, -0.2) is 0 Å². The zero-order valence-electron chi connectivity index (χ0n) is 11.2. The van der Waals surface area contributed by atoms with Crippen LogP contribution in [0.5, 0.6) is 5.75 Å². The summed E-state index contributed by atoms with van der Waals surface area (Å²) in [5.41, 5.74) is 0. The number of fused-ring (bicyclic) bond motifs is 1. The summed E-state index contributed by atoms with van der Waals surface area (Å²) in [6, 6.07) is 2.16. The highest BCUT2D eigenvalue weighted by Gasteiger charge is 2.18. The Morgan fingerprint density at radius 3 is 3.20 bits per heavy atom. The van der Waals surface area contributed by atoms with Gasteiger partial charge in [0.1, 0.15) is 18.2 Å². The number of hydrogen-bond acceptors (Lipinski definition) is 5. The molecule has 1 unspecified atom stereocenters. The lowest BCUT2D eigenvalue weighted by atomic mass is 10.2. The quantitative estimate of drug-likeness (QED) is 0.928. The molecule has 0 saturated carbocycles. The lowest BCUT2D eigenvalue weighted by molar-refractivity contribution is 0.287. The monoisotopic (exact) mass is 293 g/mol. The molecule has 0 spiro atoms. The molecule has 0 saturated heterocycles. The van der Waals surface area contributed by atoms with Crippen LogP contribution in [0.15, 0.2) is 18.5 Å². The first-order chi connectivity index (χ1) is 9.72. The number of pyridine rings is 1. The molecule has 1 N–H and O–H groups in total. The van der Waals surface area contributed by atoms with Gasteiger partial charge < -0.3 is 14.6 Å². The lowest BCUT2D eigenvalue weighted by Crippen LogP contribution is -2.27. The topological polar surface area (TPSA) is 64.9 Å². The second kappa shape index (κ2) is 5.76. The summed E-state index contributed by atoms with van der Waals surface area (Å²) < 4.78 is 7.79. The Kier molecular flexibility index (Phi) is 3.84. The third kappa shape index (κ3) is 2.91. The number of nitrogens with zero attached hydrogens (tertiary/aromatic N) is 4. The SMILES string of the molecule is CC1Cc2nnc(COc3cncc(Cl)c3)n2CCN1. The molecule has 106 valence electrons. The van der Waals surface area contributed by atoms with Crippen molar-refractivity contribution in [3.05, 3.63) is 35.1 Å². The number of hydrogen-bond donors (Lipinski definition) is 1. The highest BCUT2D eigenvalue weighted by molar-refractivity contribution is 6.30. The molecule has 0 aliphatic carbocycles. The van der Waals surface area contributed by atoms with Crippen molar-refractivity contribution in [2.24, 2.45) is 0 Å². The van der Waals surface area contributed by atoms with Gasteiger partial charge in [-0.15, -0.1) is 10.2 Å². The van der Waals surface area contributed by atoms with Gasteiger partial charge in [0.15, 0.2) is 5.82 Å². The van der Waals surface area contributed by atoms with E-state index in [0.717, 1.165) is 31.2 Å². The molecule has 0 bridgehead atoms. The zero-order valence-corrected chi connectivity index (χ0v) is 12.0. The largest absolute Gasteiger partial charge is 0.484 e. The highest BCUT2D eigenvalue weighted by atomic mass is 35.5. The summed E-state index contributed by atoms with van der Waals surface area (Å²) in [5, 5.41) is 12.5. The summed E-state index contributed by atoms with van der Waals surface area (Å²) in [5.74, 6) is 2.47. The molecule has 1 aliphatic rings. The van der Waals surface area contributed by atoms with Crippen molar-refractivity contribution in [3.8, 4) is 5.75 Å². The predicted molar refractivity (Wildman–Crippen MR) is 74.8 cm³/mol. The number of aromatic nitrogens is 4. The average Bonchev–Trinajstić information content (AvgIpc) is 2.69. The van der Waals surface area contributed by atoms with Gasteiger partial charge >= 0.3 is 0 Å². The zero-order chi connectivity index (χ0) is 13.9. The molecular formula is C13H16ClN5O. The van der Waals surface area contributed by atoms with Gasteiger partial charge in [-0.1, -0.05) is 11.6 Å². The van der Waals surface area contributed by atoms with Crippen LogP contribution in [0.25, 0.3) is 0 Å². The Morgan fingerprint density at radius 2 is 2.35 bits per heavy atom. The van der Waals surface area contributed by atoms with Crippen molar-refractivity contribution in [1.29, 1.82) is 0 Å². The maximum Gasteiger partial charge on any atom is 0.171 e. The fourth-order valence-electron chi connectivity index (χ4n) is 2.28. The molecule has 1 aliphatic heterocycles. The first-order valence-electron chi connectivity index (χ1n) is 6.60. The van der Waals surface area contributed by atoms with Crippen molar-refractivity contribution in [3.63, 3.8) is 0 Å². The van der Waals surface area contributed by atoms with Gasteiger partial charge in [0.05, 0.1) is 11.2 Å². The van der Waals surface area contributed by atoms with E-state index in [2.05, 4.69) is 32.0 Å². The van der Waals surface area contributed by atoms with E-state index in [4.69, 9.17) is 16.3 Å². The van der Waals surface area contributed by atoms with Crippen molar-refractivity contribution < 1.29 is 4.74 Å². The number of nitrogens with one attached hydrogen (secondary N) is 1. The minimum atomic E-state index is 0.364. The molecule has 2 aromatic heterocycles. The van der Waals surface area contributed by atoms with Crippen LogP contribution in [0.3, 0.4) is 0 Å². The Bertz CT molecular complexity index is 600. The van der Waals surface area contributed by atoms with Crippen LogP contribution in [-0.2, 0) is 19.6 Å². The van der Waals surface area contributed by atoms with E-state index in [1.807, 2.05) is 0 Å². The molecule has 7 heteroatoms. The molecule has 2 aromatic rings. The van der Waals surface area contributed by atoms with Gasteiger partial charge in [0, 0.05) is 37.8 Å². The molecule has 20 heavy (non-hydrogen) atoms. The number of ether oxygens (including phenoxy) is 1. The molecular weight excluding hydrogens is 278 g/mol. The van der Waals surface area contributed by atoms with Crippen LogP contribution < -0.4 is 10.1 Å². The maximum atomic E-state index is 5.87. The lowest BCUT2D eigenvalue weighted by Gasteiger charge is -2.08. The molecule has 3 heterocycles. The second-order valence-electron chi connectivity index (χ2n) is 4.87. The van der Waals surface area contributed by atoms with Crippen LogP contribution >= 0.6 is 11.6 Å². The molecule has 0 aromatic carbocycles. The first-order valence-corrected chi connectivity index (χ1v) is 6.98. The fraction of sp³-hybridized carbons (Fsp3) is 0.462. The van der Waals surface area contributed by atoms with E-state index in [1.165, 1.54) is 0 Å². The molecule has 3 rings (SSSR count). The van der Waals surface area contributed by atoms with E-state index < -0.39 is 0 Å². The third-order valence-corrected chi connectivity index (χ3v) is 3.48. The second-order valence-corrected chi connectivity index (χ2v) is 5.31. The minimum Gasteiger partial charge on any atom is -0.484 e. The summed E-state index contributed by atoms with van der Waals surface area (Å²) in [6.07, 6.45) is 4.09.